The summed E-state index contributed by atoms with van der Waals surface area (Å²) in [6.45, 7) is 6.52. The van der Waals surface area contributed by atoms with Crippen LogP contribution in [0.4, 0.5) is 5.82 Å². The van der Waals surface area contributed by atoms with Gasteiger partial charge in [-0.3, -0.25) is 0 Å². The van der Waals surface area contributed by atoms with E-state index in [0.29, 0.717) is 17.5 Å². The fourth-order valence-corrected chi connectivity index (χ4v) is 2.50. The van der Waals surface area contributed by atoms with Crippen LogP contribution in [0.1, 0.15) is 37.9 Å². The van der Waals surface area contributed by atoms with Crippen LogP contribution in [0, 0.1) is 30.1 Å². The summed E-state index contributed by atoms with van der Waals surface area (Å²) in [6, 6.07) is 6.37. The number of hydrogen-bond donors (Lipinski definition) is 1. The predicted molar refractivity (Wildman–Crippen MR) is 68.7 cm³/mol. The first kappa shape index (κ1) is 11.9. The van der Waals surface area contributed by atoms with Crippen LogP contribution in [-0.2, 0) is 0 Å². The molecule has 0 saturated heterocycles. The fraction of sp³-hybridized carbons (Fsp3) is 0.571. The van der Waals surface area contributed by atoms with E-state index in [2.05, 4.69) is 30.2 Å². The topological polar surface area (TPSA) is 48.7 Å². The minimum atomic E-state index is 0.450. The maximum absolute atomic E-state index is 9.07. The van der Waals surface area contributed by atoms with Crippen molar-refractivity contribution < 1.29 is 0 Å². The van der Waals surface area contributed by atoms with Gasteiger partial charge in [0, 0.05) is 11.7 Å². The molecular weight excluding hydrogens is 210 g/mol. The molecular formula is C14H19N3. The number of nitriles is 1. The summed E-state index contributed by atoms with van der Waals surface area (Å²) in [6.07, 6.45) is 2.43. The van der Waals surface area contributed by atoms with E-state index < -0.39 is 0 Å². The normalized spacial score (nSPS) is 27.8. The highest BCUT2D eigenvalue weighted by Gasteiger charge is 2.30. The first-order valence-corrected chi connectivity index (χ1v) is 6.26. The Kier molecular flexibility index (Phi) is 3.33. The van der Waals surface area contributed by atoms with Crippen LogP contribution in [0.25, 0.3) is 0 Å². The molecule has 1 aliphatic carbocycles. The molecule has 1 aromatic rings. The van der Waals surface area contributed by atoms with Crippen molar-refractivity contribution in [2.24, 2.45) is 11.8 Å². The number of rotatable bonds is 2. The quantitative estimate of drug-likeness (QED) is 0.847. The molecule has 3 unspecified atom stereocenters. The summed E-state index contributed by atoms with van der Waals surface area (Å²) in [5.41, 5.74) is 1.59. The summed E-state index contributed by atoms with van der Waals surface area (Å²) in [5.74, 6) is 2.14. The molecule has 1 aliphatic rings. The lowest BCUT2D eigenvalue weighted by Crippen LogP contribution is -2.25. The van der Waals surface area contributed by atoms with Crippen LogP contribution >= 0.6 is 0 Å². The molecule has 1 heterocycles. The van der Waals surface area contributed by atoms with Crippen molar-refractivity contribution in [1.82, 2.24) is 4.98 Å². The Hall–Kier alpha value is -1.56. The maximum Gasteiger partial charge on any atom is 0.144 e. The van der Waals surface area contributed by atoms with E-state index >= 15 is 0 Å². The van der Waals surface area contributed by atoms with Crippen molar-refractivity contribution in [2.75, 3.05) is 5.32 Å². The van der Waals surface area contributed by atoms with E-state index in [0.717, 1.165) is 17.4 Å². The van der Waals surface area contributed by atoms with E-state index in [1.807, 2.05) is 19.1 Å². The third-order valence-corrected chi connectivity index (χ3v) is 3.94. The summed E-state index contributed by atoms with van der Waals surface area (Å²) in [5, 5.41) is 12.5. The Balaban J connectivity index is 2.19. The average Bonchev–Trinajstić information content (AvgIpc) is 2.61. The van der Waals surface area contributed by atoms with Crippen LogP contribution in [0.5, 0.6) is 0 Å². The Morgan fingerprint density at radius 1 is 1.35 bits per heavy atom. The van der Waals surface area contributed by atoms with Gasteiger partial charge in [-0.05, 0) is 43.7 Å². The van der Waals surface area contributed by atoms with Crippen molar-refractivity contribution in [3.05, 3.63) is 23.4 Å². The van der Waals surface area contributed by atoms with Crippen LogP contribution in [0.3, 0.4) is 0 Å². The summed E-state index contributed by atoms with van der Waals surface area (Å²) in [7, 11) is 0. The van der Waals surface area contributed by atoms with Crippen molar-refractivity contribution in [2.45, 2.75) is 39.7 Å². The molecule has 3 heteroatoms. The molecule has 3 atom stereocenters. The van der Waals surface area contributed by atoms with Crippen molar-refractivity contribution in [1.29, 1.82) is 5.26 Å². The average molecular weight is 229 g/mol. The number of nitrogens with zero attached hydrogens (tertiary/aromatic N) is 2. The molecule has 0 amide bonds. The van der Waals surface area contributed by atoms with Gasteiger partial charge in [0.25, 0.3) is 0 Å². The second-order valence-electron chi connectivity index (χ2n) is 5.13. The van der Waals surface area contributed by atoms with Gasteiger partial charge in [-0.1, -0.05) is 13.8 Å². The number of hydrogen-bond acceptors (Lipinski definition) is 3. The predicted octanol–water partition coefficient (Wildman–Crippen LogP) is 3.11. The molecule has 1 fully saturated rings. The van der Waals surface area contributed by atoms with Crippen LogP contribution < -0.4 is 5.32 Å². The number of pyridine rings is 1. The molecule has 2 rings (SSSR count). The van der Waals surface area contributed by atoms with E-state index in [4.69, 9.17) is 5.26 Å². The van der Waals surface area contributed by atoms with Gasteiger partial charge in [0.1, 0.15) is 11.9 Å². The van der Waals surface area contributed by atoms with Gasteiger partial charge in [0.15, 0.2) is 0 Å². The van der Waals surface area contributed by atoms with E-state index in [1.165, 1.54) is 12.8 Å². The summed E-state index contributed by atoms with van der Waals surface area (Å²) < 4.78 is 0. The molecule has 0 bridgehead atoms. The molecule has 0 radical (unpaired) electrons. The third-order valence-electron chi connectivity index (χ3n) is 3.94. The zero-order valence-corrected chi connectivity index (χ0v) is 10.7. The van der Waals surface area contributed by atoms with Crippen LogP contribution in [0.15, 0.2) is 12.1 Å². The monoisotopic (exact) mass is 229 g/mol. The third kappa shape index (κ3) is 2.41. The second kappa shape index (κ2) is 4.75. The minimum absolute atomic E-state index is 0.450. The second-order valence-corrected chi connectivity index (χ2v) is 5.13. The van der Waals surface area contributed by atoms with Gasteiger partial charge < -0.3 is 5.32 Å². The first-order valence-electron chi connectivity index (χ1n) is 6.26. The SMILES string of the molecule is Cc1ccc(C#N)c(NC2CCC(C)C2C)n1. The molecule has 1 saturated carbocycles. The van der Waals surface area contributed by atoms with Gasteiger partial charge >= 0.3 is 0 Å². The largest absolute Gasteiger partial charge is 0.366 e. The lowest BCUT2D eigenvalue weighted by molar-refractivity contribution is 0.435. The number of anilines is 1. The standard InChI is InChI=1S/C14H19N3/c1-9-4-7-13(11(9)3)17-14-12(8-15)6-5-10(2)16-14/h5-6,9,11,13H,4,7H2,1-3H3,(H,16,17). The van der Waals surface area contributed by atoms with Crippen molar-refractivity contribution in [3.8, 4) is 6.07 Å². The van der Waals surface area contributed by atoms with Gasteiger partial charge in [-0.15, -0.1) is 0 Å². The van der Waals surface area contributed by atoms with Gasteiger partial charge in [0.05, 0.1) is 5.56 Å². The number of aromatic nitrogens is 1. The van der Waals surface area contributed by atoms with Crippen LogP contribution in [0.2, 0.25) is 0 Å². The fourth-order valence-electron chi connectivity index (χ4n) is 2.50. The lowest BCUT2D eigenvalue weighted by atomic mass is 9.98. The molecule has 17 heavy (non-hydrogen) atoms. The van der Waals surface area contributed by atoms with E-state index in [-0.39, 0.29) is 0 Å². The van der Waals surface area contributed by atoms with Crippen molar-refractivity contribution in [3.63, 3.8) is 0 Å². The molecule has 3 nitrogen and oxygen atoms in total. The Morgan fingerprint density at radius 3 is 2.71 bits per heavy atom. The Bertz CT molecular complexity index is 447. The Morgan fingerprint density at radius 2 is 2.12 bits per heavy atom. The maximum atomic E-state index is 9.07. The molecule has 1 aromatic heterocycles. The molecule has 0 spiro atoms. The number of nitrogens with one attached hydrogen (secondary N) is 1. The molecule has 0 aromatic carbocycles. The molecule has 90 valence electrons. The zero-order valence-electron chi connectivity index (χ0n) is 10.7. The van der Waals surface area contributed by atoms with Crippen LogP contribution in [-0.4, -0.2) is 11.0 Å². The highest BCUT2D eigenvalue weighted by atomic mass is 15.0. The highest BCUT2D eigenvalue weighted by Crippen LogP contribution is 2.33. The Labute approximate surface area is 103 Å². The van der Waals surface area contributed by atoms with E-state index in [9.17, 15) is 0 Å². The summed E-state index contributed by atoms with van der Waals surface area (Å²) >= 11 is 0. The van der Waals surface area contributed by atoms with Gasteiger partial charge in [0.2, 0.25) is 0 Å². The lowest BCUT2D eigenvalue weighted by Gasteiger charge is -2.20. The minimum Gasteiger partial charge on any atom is -0.366 e. The molecule has 1 N–H and O–H groups in total. The van der Waals surface area contributed by atoms with E-state index in [1.54, 1.807) is 0 Å². The zero-order chi connectivity index (χ0) is 12.4. The smallest absolute Gasteiger partial charge is 0.144 e. The van der Waals surface area contributed by atoms with Crippen molar-refractivity contribution >= 4 is 5.82 Å². The highest BCUT2D eigenvalue weighted by molar-refractivity contribution is 5.52. The first-order chi connectivity index (χ1) is 8.11. The summed E-state index contributed by atoms with van der Waals surface area (Å²) in [4.78, 5) is 4.43. The van der Waals surface area contributed by atoms with Gasteiger partial charge in [-0.25, -0.2) is 4.98 Å². The number of aryl methyl sites for hydroxylation is 1. The molecule has 0 aliphatic heterocycles. The van der Waals surface area contributed by atoms with Gasteiger partial charge in [-0.2, -0.15) is 5.26 Å².